The summed E-state index contributed by atoms with van der Waals surface area (Å²) < 4.78 is 13.9. The van der Waals surface area contributed by atoms with Crippen LogP contribution >= 0.6 is 0 Å². The molecule has 1 aromatic carbocycles. The molecule has 0 radical (unpaired) electrons. The number of nitrogens with zero attached hydrogens (tertiary/aromatic N) is 1. The Morgan fingerprint density at radius 1 is 1.35 bits per heavy atom. The molecule has 17 heavy (non-hydrogen) atoms. The first-order valence-corrected chi connectivity index (χ1v) is 6.72. The van der Waals surface area contributed by atoms with Crippen LogP contribution in [0.4, 0.5) is 4.39 Å². The molecule has 2 atom stereocenters. The zero-order valence-corrected chi connectivity index (χ0v) is 10.6. The van der Waals surface area contributed by atoms with E-state index in [9.17, 15) is 4.39 Å². The van der Waals surface area contributed by atoms with Crippen molar-refractivity contribution < 1.29 is 4.39 Å². The zero-order valence-electron chi connectivity index (χ0n) is 10.6. The monoisotopic (exact) mass is 233 g/mol. The highest BCUT2D eigenvalue weighted by Gasteiger charge is 2.40. The van der Waals surface area contributed by atoms with Crippen molar-refractivity contribution >= 4 is 0 Å². The van der Waals surface area contributed by atoms with Crippen molar-refractivity contribution in [2.45, 2.75) is 38.6 Å². The summed E-state index contributed by atoms with van der Waals surface area (Å²) in [7, 11) is 0. The van der Waals surface area contributed by atoms with Gasteiger partial charge in [0.25, 0.3) is 0 Å². The Kier molecular flexibility index (Phi) is 2.70. The summed E-state index contributed by atoms with van der Waals surface area (Å²) in [5.41, 5.74) is 2.24. The van der Waals surface area contributed by atoms with Crippen LogP contribution in [0.5, 0.6) is 0 Å². The highest BCUT2D eigenvalue weighted by molar-refractivity contribution is 5.39. The van der Waals surface area contributed by atoms with Crippen LogP contribution in [0.3, 0.4) is 0 Å². The van der Waals surface area contributed by atoms with Crippen LogP contribution in [-0.4, -0.2) is 24.0 Å². The van der Waals surface area contributed by atoms with Crippen LogP contribution in [0.2, 0.25) is 0 Å². The van der Waals surface area contributed by atoms with Gasteiger partial charge in [0, 0.05) is 25.0 Å². The fourth-order valence-corrected chi connectivity index (χ4v) is 3.61. The van der Waals surface area contributed by atoms with E-state index in [0.717, 1.165) is 24.3 Å². The summed E-state index contributed by atoms with van der Waals surface area (Å²) in [6.45, 7) is 6.86. The molecule has 0 bridgehead atoms. The minimum absolute atomic E-state index is 0.00502. The van der Waals surface area contributed by atoms with Gasteiger partial charge < -0.3 is 0 Å². The molecular weight excluding hydrogens is 213 g/mol. The number of halogens is 1. The highest BCUT2D eigenvalue weighted by Crippen LogP contribution is 2.41. The predicted molar refractivity (Wildman–Crippen MR) is 67.7 cm³/mol. The van der Waals surface area contributed by atoms with Gasteiger partial charge in [-0.2, -0.15) is 0 Å². The largest absolute Gasteiger partial charge is 0.299 e. The maximum absolute atomic E-state index is 13.9. The van der Waals surface area contributed by atoms with Gasteiger partial charge in [-0.25, -0.2) is 4.39 Å². The summed E-state index contributed by atoms with van der Waals surface area (Å²) in [5.74, 6) is 1.23. The van der Waals surface area contributed by atoms with Crippen molar-refractivity contribution in [3.05, 3.63) is 35.1 Å². The molecule has 0 aromatic heterocycles. The standard InChI is InChI=1S/C15H20FN/c1-3-12-14(17-8-10(2)9-17)7-11-5-4-6-13(16)15(11)12/h4-6,10,12,14H,3,7-9H2,1-2H3/t12?,14-/m1/s1. The van der Waals surface area contributed by atoms with Crippen molar-refractivity contribution in [2.75, 3.05) is 13.1 Å². The highest BCUT2D eigenvalue weighted by atomic mass is 19.1. The molecule has 1 saturated heterocycles. The third-order valence-electron chi connectivity index (χ3n) is 4.41. The second kappa shape index (κ2) is 4.09. The Morgan fingerprint density at radius 3 is 2.76 bits per heavy atom. The molecule has 92 valence electrons. The number of hydrogen-bond donors (Lipinski definition) is 0. The maximum Gasteiger partial charge on any atom is 0.127 e. The lowest BCUT2D eigenvalue weighted by Crippen LogP contribution is -2.52. The van der Waals surface area contributed by atoms with Crippen LogP contribution in [0, 0.1) is 11.7 Å². The third kappa shape index (κ3) is 1.70. The second-order valence-corrected chi connectivity index (χ2v) is 5.66. The lowest BCUT2D eigenvalue weighted by molar-refractivity contribution is 0.0533. The molecule has 0 spiro atoms. The second-order valence-electron chi connectivity index (χ2n) is 5.66. The van der Waals surface area contributed by atoms with Crippen molar-refractivity contribution in [1.29, 1.82) is 0 Å². The van der Waals surface area contributed by atoms with Gasteiger partial charge in [0.15, 0.2) is 0 Å². The molecule has 1 aliphatic carbocycles. The summed E-state index contributed by atoms with van der Waals surface area (Å²) in [4.78, 5) is 2.54. The molecule has 1 unspecified atom stereocenters. The normalized spacial score (nSPS) is 29.1. The smallest absolute Gasteiger partial charge is 0.127 e. The number of fused-ring (bicyclic) bond motifs is 1. The molecule has 1 nitrogen and oxygen atoms in total. The first kappa shape index (κ1) is 11.2. The molecule has 1 heterocycles. The van der Waals surface area contributed by atoms with E-state index in [1.165, 1.54) is 18.7 Å². The van der Waals surface area contributed by atoms with Gasteiger partial charge in [-0.05, 0) is 36.0 Å². The maximum atomic E-state index is 13.9. The van der Waals surface area contributed by atoms with E-state index in [2.05, 4.69) is 24.8 Å². The summed E-state index contributed by atoms with van der Waals surface area (Å²) in [5, 5.41) is 0. The summed E-state index contributed by atoms with van der Waals surface area (Å²) >= 11 is 0. The molecule has 0 amide bonds. The van der Waals surface area contributed by atoms with E-state index in [1.807, 2.05) is 6.07 Å². The zero-order chi connectivity index (χ0) is 12.0. The Hall–Kier alpha value is -0.890. The lowest BCUT2D eigenvalue weighted by Gasteiger charge is -2.44. The van der Waals surface area contributed by atoms with Gasteiger partial charge >= 0.3 is 0 Å². The molecule has 0 saturated carbocycles. The van der Waals surface area contributed by atoms with Crippen LogP contribution in [0.1, 0.15) is 37.3 Å². The SMILES string of the molecule is CCC1c2c(F)cccc2C[C@H]1N1CC(C)C1. The predicted octanol–water partition coefficient (Wildman–Crippen LogP) is 3.20. The van der Waals surface area contributed by atoms with E-state index >= 15 is 0 Å². The summed E-state index contributed by atoms with van der Waals surface area (Å²) in [6.07, 6.45) is 2.09. The van der Waals surface area contributed by atoms with Gasteiger partial charge in [-0.15, -0.1) is 0 Å². The Bertz CT molecular complexity index is 423. The first-order chi connectivity index (χ1) is 8.20. The number of benzene rings is 1. The molecule has 2 aliphatic rings. The average Bonchev–Trinajstić information content (AvgIpc) is 2.64. The molecule has 1 aliphatic heterocycles. The first-order valence-electron chi connectivity index (χ1n) is 6.72. The summed E-state index contributed by atoms with van der Waals surface area (Å²) in [6, 6.07) is 6.11. The average molecular weight is 233 g/mol. The molecular formula is C15H20FN. The van der Waals surface area contributed by atoms with Crippen molar-refractivity contribution in [1.82, 2.24) is 4.90 Å². The minimum atomic E-state index is 0.00502. The van der Waals surface area contributed by atoms with E-state index in [-0.39, 0.29) is 5.82 Å². The van der Waals surface area contributed by atoms with Gasteiger partial charge in [-0.1, -0.05) is 26.0 Å². The quantitative estimate of drug-likeness (QED) is 0.758. The number of hydrogen-bond acceptors (Lipinski definition) is 1. The van der Waals surface area contributed by atoms with Gasteiger partial charge in [0.2, 0.25) is 0 Å². The molecule has 2 heteroatoms. The topological polar surface area (TPSA) is 3.24 Å². The molecule has 1 aromatic rings. The Balaban J connectivity index is 1.89. The van der Waals surface area contributed by atoms with Gasteiger partial charge in [0.1, 0.15) is 5.82 Å². The van der Waals surface area contributed by atoms with Crippen LogP contribution in [0.25, 0.3) is 0 Å². The minimum Gasteiger partial charge on any atom is -0.299 e. The van der Waals surface area contributed by atoms with Crippen molar-refractivity contribution in [3.63, 3.8) is 0 Å². The van der Waals surface area contributed by atoms with Crippen LogP contribution in [-0.2, 0) is 6.42 Å². The molecule has 0 N–H and O–H groups in total. The van der Waals surface area contributed by atoms with Gasteiger partial charge in [-0.3, -0.25) is 4.90 Å². The fraction of sp³-hybridized carbons (Fsp3) is 0.600. The number of likely N-dealkylation sites (tertiary alicyclic amines) is 1. The lowest BCUT2D eigenvalue weighted by atomic mass is 9.90. The van der Waals surface area contributed by atoms with E-state index < -0.39 is 0 Å². The molecule has 1 fully saturated rings. The van der Waals surface area contributed by atoms with Gasteiger partial charge in [0.05, 0.1) is 0 Å². The van der Waals surface area contributed by atoms with E-state index in [1.54, 1.807) is 6.07 Å². The van der Waals surface area contributed by atoms with E-state index in [4.69, 9.17) is 0 Å². The van der Waals surface area contributed by atoms with E-state index in [0.29, 0.717) is 12.0 Å². The Labute approximate surface area is 103 Å². The fourth-order valence-electron chi connectivity index (χ4n) is 3.61. The molecule has 3 rings (SSSR count). The Morgan fingerprint density at radius 2 is 2.12 bits per heavy atom. The van der Waals surface area contributed by atoms with Crippen LogP contribution < -0.4 is 0 Å². The third-order valence-corrected chi connectivity index (χ3v) is 4.41. The van der Waals surface area contributed by atoms with Crippen LogP contribution in [0.15, 0.2) is 18.2 Å². The number of rotatable bonds is 2. The van der Waals surface area contributed by atoms with Crippen molar-refractivity contribution in [3.8, 4) is 0 Å². The van der Waals surface area contributed by atoms with Crippen molar-refractivity contribution in [2.24, 2.45) is 5.92 Å².